The van der Waals surface area contributed by atoms with Gasteiger partial charge in [-0.3, -0.25) is 9.69 Å². The smallest absolute Gasteiger partial charge is 0.323 e. The van der Waals surface area contributed by atoms with Crippen LogP contribution in [0.2, 0.25) is 0 Å². The summed E-state index contributed by atoms with van der Waals surface area (Å²) < 4.78 is 0. The van der Waals surface area contributed by atoms with E-state index >= 15 is 0 Å². The fourth-order valence-electron chi connectivity index (χ4n) is 1.99. The Kier molecular flexibility index (Phi) is 4.67. The Balaban J connectivity index is 2.75. The lowest BCUT2D eigenvalue weighted by Crippen LogP contribution is -2.63. The number of likely N-dealkylation sites (tertiary alicyclic amines) is 1. The molecule has 94 valence electrons. The molecule has 4 atom stereocenters. The van der Waals surface area contributed by atoms with Gasteiger partial charge in [-0.1, -0.05) is 13.3 Å². The molecule has 0 spiro atoms. The van der Waals surface area contributed by atoms with Gasteiger partial charge in [-0.15, -0.1) is 0 Å². The molecule has 6 nitrogen and oxygen atoms in total. The zero-order chi connectivity index (χ0) is 12.3. The largest absolute Gasteiger partial charge is 0.480 e. The van der Waals surface area contributed by atoms with Crippen LogP contribution in [0.25, 0.3) is 0 Å². The van der Waals surface area contributed by atoms with E-state index in [2.05, 4.69) is 0 Å². The molecule has 1 aliphatic heterocycles. The highest BCUT2D eigenvalue weighted by molar-refractivity contribution is 5.74. The van der Waals surface area contributed by atoms with E-state index in [1.54, 1.807) is 0 Å². The van der Waals surface area contributed by atoms with E-state index < -0.39 is 30.3 Å². The molecule has 0 radical (unpaired) electrons. The molecule has 4 N–H and O–H groups in total. The van der Waals surface area contributed by atoms with Crippen molar-refractivity contribution in [3.8, 4) is 0 Å². The van der Waals surface area contributed by atoms with Crippen molar-refractivity contribution in [3.05, 3.63) is 0 Å². The molecule has 0 aromatic rings. The maximum absolute atomic E-state index is 11.0. The van der Waals surface area contributed by atoms with Crippen molar-refractivity contribution >= 4 is 5.97 Å². The van der Waals surface area contributed by atoms with Crippen LogP contribution in [0.4, 0.5) is 0 Å². The number of piperidine rings is 1. The van der Waals surface area contributed by atoms with Crippen LogP contribution in [0, 0.1) is 0 Å². The quantitative estimate of drug-likeness (QED) is 0.478. The van der Waals surface area contributed by atoms with Gasteiger partial charge < -0.3 is 20.4 Å². The molecule has 1 saturated heterocycles. The third-order valence-corrected chi connectivity index (χ3v) is 2.93. The van der Waals surface area contributed by atoms with Crippen molar-refractivity contribution in [1.29, 1.82) is 0 Å². The SMILES string of the molecule is CCCCN1C[C@@H](O)[C@H](O)[C@H](O)[C@H]1C(=O)O. The van der Waals surface area contributed by atoms with E-state index in [4.69, 9.17) is 5.11 Å². The number of carboxylic acids is 1. The van der Waals surface area contributed by atoms with Gasteiger partial charge in [0.2, 0.25) is 0 Å². The first-order chi connectivity index (χ1) is 7.49. The predicted molar refractivity (Wildman–Crippen MR) is 55.9 cm³/mol. The van der Waals surface area contributed by atoms with Gasteiger partial charge in [-0.2, -0.15) is 0 Å². The second-order valence-electron chi connectivity index (χ2n) is 4.18. The van der Waals surface area contributed by atoms with E-state index in [-0.39, 0.29) is 6.54 Å². The number of β-amino-alcohol motifs (C(OH)–C–C–N with tert-alkyl or cyclic N) is 1. The highest BCUT2D eigenvalue weighted by Crippen LogP contribution is 2.19. The molecule has 1 aliphatic rings. The summed E-state index contributed by atoms with van der Waals surface area (Å²) >= 11 is 0. The molecule has 1 rings (SSSR count). The Bertz CT molecular complexity index is 247. The number of aliphatic hydroxyl groups is 3. The number of carboxylic acid groups (broad SMARTS) is 1. The molecule has 1 fully saturated rings. The Hall–Kier alpha value is -0.690. The molecular weight excluding hydrogens is 214 g/mol. The summed E-state index contributed by atoms with van der Waals surface area (Å²) in [7, 11) is 0. The Morgan fingerprint density at radius 2 is 1.94 bits per heavy atom. The zero-order valence-electron chi connectivity index (χ0n) is 9.28. The number of hydrogen-bond donors (Lipinski definition) is 4. The van der Waals surface area contributed by atoms with Gasteiger partial charge in [0.15, 0.2) is 0 Å². The normalized spacial score (nSPS) is 36.2. The van der Waals surface area contributed by atoms with E-state index in [0.29, 0.717) is 6.54 Å². The van der Waals surface area contributed by atoms with Gasteiger partial charge in [0.05, 0.1) is 6.10 Å². The Labute approximate surface area is 94.1 Å². The topological polar surface area (TPSA) is 101 Å². The monoisotopic (exact) mass is 233 g/mol. The van der Waals surface area contributed by atoms with Crippen molar-refractivity contribution in [2.24, 2.45) is 0 Å². The first-order valence-corrected chi connectivity index (χ1v) is 5.50. The van der Waals surface area contributed by atoms with E-state index in [9.17, 15) is 20.1 Å². The first-order valence-electron chi connectivity index (χ1n) is 5.50. The van der Waals surface area contributed by atoms with Crippen LogP contribution in [-0.2, 0) is 4.79 Å². The van der Waals surface area contributed by atoms with Crippen LogP contribution in [0.15, 0.2) is 0 Å². The molecule has 0 saturated carbocycles. The average Bonchev–Trinajstić information content (AvgIpc) is 2.22. The van der Waals surface area contributed by atoms with E-state index in [1.807, 2.05) is 6.92 Å². The third kappa shape index (κ3) is 2.70. The Morgan fingerprint density at radius 1 is 1.31 bits per heavy atom. The molecule has 0 unspecified atom stereocenters. The third-order valence-electron chi connectivity index (χ3n) is 2.93. The minimum atomic E-state index is -1.45. The fourth-order valence-corrected chi connectivity index (χ4v) is 1.99. The lowest BCUT2D eigenvalue weighted by Gasteiger charge is -2.41. The lowest BCUT2D eigenvalue weighted by molar-refractivity contribution is -0.170. The summed E-state index contributed by atoms with van der Waals surface area (Å²) in [6, 6.07) is -1.13. The molecule has 0 aromatic heterocycles. The van der Waals surface area contributed by atoms with Gasteiger partial charge in [0.25, 0.3) is 0 Å². The summed E-state index contributed by atoms with van der Waals surface area (Å²) in [4.78, 5) is 12.5. The number of aliphatic carboxylic acids is 1. The van der Waals surface area contributed by atoms with Crippen LogP contribution in [0.5, 0.6) is 0 Å². The summed E-state index contributed by atoms with van der Waals surface area (Å²) in [5.74, 6) is -1.17. The van der Waals surface area contributed by atoms with Crippen LogP contribution >= 0.6 is 0 Å². The summed E-state index contributed by atoms with van der Waals surface area (Å²) in [6.45, 7) is 2.55. The molecule has 0 aromatic carbocycles. The molecular formula is C10H19NO5. The summed E-state index contributed by atoms with van der Waals surface area (Å²) in [5.41, 5.74) is 0. The number of carbonyl (C=O) groups is 1. The number of rotatable bonds is 4. The number of nitrogens with zero attached hydrogens (tertiary/aromatic N) is 1. The maximum atomic E-state index is 11.0. The Morgan fingerprint density at radius 3 is 2.44 bits per heavy atom. The van der Waals surface area contributed by atoms with Crippen molar-refractivity contribution < 1.29 is 25.2 Å². The molecule has 6 heteroatoms. The first kappa shape index (κ1) is 13.4. The van der Waals surface area contributed by atoms with Gasteiger partial charge >= 0.3 is 5.97 Å². The van der Waals surface area contributed by atoms with Gasteiger partial charge in [0, 0.05) is 6.54 Å². The van der Waals surface area contributed by atoms with Crippen molar-refractivity contribution in [3.63, 3.8) is 0 Å². The maximum Gasteiger partial charge on any atom is 0.323 e. The lowest BCUT2D eigenvalue weighted by atomic mass is 9.93. The van der Waals surface area contributed by atoms with E-state index in [0.717, 1.165) is 12.8 Å². The number of aliphatic hydroxyl groups excluding tert-OH is 3. The number of unbranched alkanes of at least 4 members (excludes halogenated alkanes) is 1. The van der Waals surface area contributed by atoms with Gasteiger partial charge in [0.1, 0.15) is 18.2 Å². The molecule has 0 aliphatic carbocycles. The van der Waals surface area contributed by atoms with Gasteiger partial charge in [-0.25, -0.2) is 0 Å². The standard InChI is InChI=1S/C10H19NO5/c1-2-3-4-11-5-6(12)8(13)9(14)7(11)10(15)16/h6-9,12-14H,2-5H2,1H3,(H,15,16)/t6-,7+,8+,9-/m1/s1. The highest BCUT2D eigenvalue weighted by atomic mass is 16.4. The number of hydrogen-bond acceptors (Lipinski definition) is 5. The predicted octanol–water partition coefficient (Wildman–Crippen LogP) is -1.36. The van der Waals surface area contributed by atoms with Crippen molar-refractivity contribution in [2.75, 3.05) is 13.1 Å². The zero-order valence-corrected chi connectivity index (χ0v) is 9.28. The molecule has 1 heterocycles. The highest BCUT2D eigenvalue weighted by Gasteiger charge is 2.44. The van der Waals surface area contributed by atoms with Crippen LogP contribution in [0.1, 0.15) is 19.8 Å². The van der Waals surface area contributed by atoms with Crippen LogP contribution < -0.4 is 0 Å². The van der Waals surface area contributed by atoms with E-state index in [1.165, 1.54) is 4.90 Å². The molecule has 16 heavy (non-hydrogen) atoms. The van der Waals surface area contributed by atoms with Crippen molar-refractivity contribution in [1.82, 2.24) is 4.90 Å². The second-order valence-corrected chi connectivity index (χ2v) is 4.18. The van der Waals surface area contributed by atoms with Crippen molar-refractivity contribution in [2.45, 2.75) is 44.1 Å². The van der Waals surface area contributed by atoms with Gasteiger partial charge in [-0.05, 0) is 13.0 Å². The molecule has 0 amide bonds. The summed E-state index contributed by atoms with van der Waals surface area (Å²) in [5, 5.41) is 37.5. The van der Waals surface area contributed by atoms with Crippen LogP contribution in [-0.4, -0.2) is 68.7 Å². The molecule has 0 bridgehead atoms. The van der Waals surface area contributed by atoms with Crippen LogP contribution in [0.3, 0.4) is 0 Å². The minimum absolute atomic E-state index is 0.0786. The fraction of sp³-hybridized carbons (Fsp3) is 0.900. The second kappa shape index (κ2) is 5.58. The summed E-state index contributed by atoms with van der Waals surface area (Å²) in [6.07, 6.45) is -2.24. The average molecular weight is 233 g/mol. The minimum Gasteiger partial charge on any atom is -0.480 e.